The Morgan fingerprint density at radius 2 is 2.08 bits per heavy atom. The van der Waals surface area contributed by atoms with E-state index >= 15 is 0 Å². The van der Waals surface area contributed by atoms with Gasteiger partial charge in [0.1, 0.15) is 11.3 Å². The van der Waals surface area contributed by atoms with Gasteiger partial charge < -0.3 is 15.2 Å². The maximum Gasteiger partial charge on any atom is 0.340 e. The number of nitrogens with two attached hydrogens (primary N) is 1. The molecule has 0 fully saturated rings. The second-order valence-electron chi connectivity index (χ2n) is 6.51. The summed E-state index contributed by atoms with van der Waals surface area (Å²) in [5.74, 6) is -0.418. The van der Waals surface area contributed by atoms with Gasteiger partial charge in [0.25, 0.3) is 0 Å². The van der Waals surface area contributed by atoms with Crippen molar-refractivity contribution >= 4 is 11.8 Å². The van der Waals surface area contributed by atoms with Crippen molar-refractivity contribution in [2.75, 3.05) is 6.61 Å². The summed E-state index contributed by atoms with van der Waals surface area (Å²) in [5, 5.41) is 0. The number of ether oxygens (including phenoxy) is 2. The number of allylic oxidation sites excluding steroid dienone is 2. The molecule has 132 valence electrons. The fraction of sp³-hybridized carbons (Fsp3) is 0.400. The molecule has 5 heteroatoms. The molecule has 2 N–H and O–H groups in total. The van der Waals surface area contributed by atoms with E-state index in [1.165, 1.54) is 0 Å². The van der Waals surface area contributed by atoms with Crippen LogP contribution in [0.25, 0.3) is 0 Å². The molecule has 25 heavy (non-hydrogen) atoms. The Bertz CT molecular complexity index is 804. The highest BCUT2D eigenvalue weighted by Crippen LogP contribution is 2.44. The number of Topliss-reactive ketones (excluding diaryl/α,β-unsaturated/α-hetero) is 1. The number of rotatable bonds is 3. The summed E-state index contributed by atoms with van der Waals surface area (Å²) in [5.41, 5.74) is 9.82. The number of hydrogen-bond acceptors (Lipinski definition) is 5. The maximum absolute atomic E-state index is 12.7. The molecule has 1 aliphatic carbocycles. The topological polar surface area (TPSA) is 78.6 Å². The number of hydrogen-bond donors (Lipinski definition) is 1. The summed E-state index contributed by atoms with van der Waals surface area (Å²) in [6, 6.07) is 6.00. The second-order valence-corrected chi connectivity index (χ2v) is 6.51. The zero-order valence-corrected chi connectivity index (χ0v) is 14.8. The first kappa shape index (κ1) is 17.3. The monoisotopic (exact) mass is 341 g/mol. The minimum Gasteiger partial charge on any atom is -0.462 e. The lowest BCUT2D eigenvalue weighted by atomic mass is 9.75. The molecule has 0 amide bonds. The second kappa shape index (κ2) is 6.75. The van der Waals surface area contributed by atoms with Crippen LogP contribution in [0, 0.1) is 13.8 Å². The van der Waals surface area contributed by atoms with Gasteiger partial charge in [-0.25, -0.2) is 4.79 Å². The Morgan fingerprint density at radius 1 is 1.32 bits per heavy atom. The molecule has 0 bridgehead atoms. The van der Waals surface area contributed by atoms with Gasteiger partial charge in [-0.2, -0.15) is 0 Å². The van der Waals surface area contributed by atoms with Crippen LogP contribution in [0.3, 0.4) is 0 Å². The standard InChI is InChI=1S/C20H23NO4/c1-4-24-20(23)18-16(13-10-11(2)8-9-12(13)3)17-14(22)6-5-7-15(17)25-19(18)21/h8-10,16H,4-7,21H2,1-3H3/t16-/m1/s1. The molecule has 1 aliphatic heterocycles. The Hall–Kier alpha value is -2.56. The van der Waals surface area contributed by atoms with Gasteiger partial charge in [0.15, 0.2) is 5.78 Å². The number of carbonyl (C=O) groups is 2. The Balaban J connectivity index is 2.22. The van der Waals surface area contributed by atoms with Crippen molar-refractivity contribution in [2.45, 2.75) is 46.0 Å². The number of benzene rings is 1. The van der Waals surface area contributed by atoms with Crippen LogP contribution in [0.15, 0.2) is 41.0 Å². The van der Waals surface area contributed by atoms with Gasteiger partial charge in [0.2, 0.25) is 5.88 Å². The van der Waals surface area contributed by atoms with E-state index in [2.05, 4.69) is 0 Å². The van der Waals surface area contributed by atoms with E-state index < -0.39 is 11.9 Å². The first-order valence-electron chi connectivity index (χ1n) is 8.62. The molecule has 1 atom stereocenters. The van der Waals surface area contributed by atoms with E-state index in [0.29, 0.717) is 24.2 Å². The van der Waals surface area contributed by atoms with Gasteiger partial charge in [-0.05, 0) is 38.3 Å². The van der Waals surface area contributed by atoms with Gasteiger partial charge in [0.05, 0.1) is 12.5 Å². The van der Waals surface area contributed by atoms with Gasteiger partial charge >= 0.3 is 5.97 Å². The molecule has 5 nitrogen and oxygen atoms in total. The molecule has 3 rings (SSSR count). The SMILES string of the molecule is CCOC(=O)C1=C(N)OC2=C(C(=O)CCC2)[C@H]1c1cc(C)ccc1C. The predicted molar refractivity (Wildman–Crippen MR) is 93.5 cm³/mol. The summed E-state index contributed by atoms with van der Waals surface area (Å²) in [6.07, 6.45) is 1.85. The van der Waals surface area contributed by atoms with Crippen molar-refractivity contribution in [3.8, 4) is 0 Å². The smallest absolute Gasteiger partial charge is 0.340 e. The first-order chi connectivity index (χ1) is 11.9. The quantitative estimate of drug-likeness (QED) is 0.855. The van der Waals surface area contributed by atoms with Crippen molar-refractivity contribution in [1.82, 2.24) is 0 Å². The summed E-state index contributed by atoms with van der Waals surface area (Å²) in [6.45, 7) is 5.92. The fourth-order valence-corrected chi connectivity index (χ4v) is 3.55. The number of esters is 1. The lowest BCUT2D eigenvalue weighted by molar-refractivity contribution is -0.139. The summed E-state index contributed by atoms with van der Waals surface area (Å²) in [7, 11) is 0. The summed E-state index contributed by atoms with van der Waals surface area (Å²) < 4.78 is 10.9. The van der Waals surface area contributed by atoms with Gasteiger partial charge in [0, 0.05) is 18.4 Å². The van der Waals surface area contributed by atoms with E-state index in [0.717, 1.165) is 23.1 Å². The number of carbonyl (C=O) groups excluding carboxylic acids is 2. The van der Waals surface area contributed by atoms with Crippen LogP contribution >= 0.6 is 0 Å². The lowest BCUT2D eigenvalue weighted by Gasteiger charge is -2.33. The van der Waals surface area contributed by atoms with Crippen LogP contribution < -0.4 is 5.73 Å². The highest BCUT2D eigenvalue weighted by molar-refractivity contribution is 6.03. The van der Waals surface area contributed by atoms with Crippen LogP contribution in [-0.4, -0.2) is 18.4 Å². The predicted octanol–water partition coefficient (Wildman–Crippen LogP) is 3.16. The molecule has 2 aliphatic rings. The molecular weight excluding hydrogens is 318 g/mol. The largest absolute Gasteiger partial charge is 0.462 e. The minimum atomic E-state index is -0.532. The fourth-order valence-electron chi connectivity index (χ4n) is 3.55. The molecule has 0 unspecified atom stereocenters. The first-order valence-corrected chi connectivity index (χ1v) is 8.62. The highest BCUT2D eigenvalue weighted by Gasteiger charge is 2.41. The molecule has 1 aromatic carbocycles. The third-order valence-corrected chi connectivity index (χ3v) is 4.73. The number of aryl methyl sites for hydroxylation is 2. The summed E-state index contributed by atoms with van der Waals surface area (Å²) in [4.78, 5) is 25.3. The maximum atomic E-state index is 12.7. The van der Waals surface area contributed by atoms with Crippen molar-refractivity contribution < 1.29 is 19.1 Å². The van der Waals surface area contributed by atoms with Crippen molar-refractivity contribution in [3.63, 3.8) is 0 Å². The average Bonchev–Trinajstić information content (AvgIpc) is 2.56. The Morgan fingerprint density at radius 3 is 2.80 bits per heavy atom. The normalized spacial score (nSPS) is 20.3. The third-order valence-electron chi connectivity index (χ3n) is 4.73. The molecule has 0 saturated heterocycles. The van der Waals surface area contributed by atoms with Gasteiger partial charge in [-0.3, -0.25) is 4.79 Å². The minimum absolute atomic E-state index is 0.0152. The van der Waals surface area contributed by atoms with Crippen LogP contribution in [0.4, 0.5) is 0 Å². The zero-order valence-electron chi connectivity index (χ0n) is 14.8. The average molecular weight is 341 g/mol. The van der Waals surface area contributed by atoms with Crippen molar-refractivity contribution in [3.05, 3.63) is 57.7 Å². The van der Waals surface area contributed by atoms with Gasteiger partial charge in [-0.15, -0.1) is 0 Å². The highest BCUT2D eigenvalue weighted by atomic mass is 16.5. The molecule has 0 spiro atoms. The third kappa shape index (κ3) is 3.06. The molecule has 1 heterocycles. The van der Waals surface area contributed by atoms with E-state index in [4.69, 9.17) is 15.2 Å². The van der Waals surface area contributed by atoms with Crippen molar-refractivity contribution in [1.29, 1.82) is 0 Å². The van der Waals surface area contributed by atoms with E-state index in [1.54, 1.807) is 6.92 Å². The molecular formula is C20H23NO4. The van der Waals surface area contributed by atoms with Crippen LogP contribution in [-0.2, 0) is 19.1 Å². The zero-order chi connectivity index (χ0) is 18.1. The molecule has 0 radical (unpaired) electrons. The Labute approximate surface area is 147 Å². The van der Waals surface area contributed by atoms with Crippen LogP contribution in [0.2, 0.25) is 0 Å². The Kier molecular flexibility index (Phi) is 4.66. The molecule has 0 aromatic heterocycles. The summed E-state index contributed by atoms with van der Waals surface area (Å²) >= 11 is 0. The van der Waals surface area contributed by atoms with Crippen molar-refractivity contribution in [2.24, 2.45) is 5.73 Å². The van der Waals surface area contributed by atoms with E-state index in [-0.39, 0.29) is 23.8 Å². The lowest BCUT2D eigenvalue weighted by Crippen LogP contribution is -2.31. The van der Waals surface area contributed by atoms with E-state index in [1.807, 2.05) is 32.0 Å². The van der Waals surface area contributed by atoms with Gasteiger partial charge in [-0.1, -0.05) is 23.8 Å². The molecule has 0 saturated carbocycles. The van der Waals surface area contributed by atoms with E-state index in [9.17, 15) is 9.59 Å². The van der Waals surface area contributed by atoms with Crippen LogP contribution in [0.5, 0.6) is 0 Å². The number of ketones is 1. The van der Waals surface area contributed by atoms with Crippen LogP contribution in [0.1, 0.15) is 48.8 Å². The molecule has 1 aromatic rings.